The molecular weight excluding hydrogens is 296 g/mol. The van der Waals surface area contributed by atoms with Gasteiger partial charge in [-0.3, -0.25) is 0 Å². The number of aromatic hydroxyl groups is 2. The predicted molar refractivity (Wildman–Crippen MR) is 86.0 cm³/mol. The maximum absolute atomic E-state index is 10.1. The van der Waals surface area contributed by atoms with Crippen LogP contribution >= 0.6 is 0 Å². The quantitative estimate of drug-likeness (QED) is 0.760. The molecule has 5 nitrogen and oxygen atoms in total. The number of hydrogen-bond donors (Lipinski definition) is 2. The van der Waals surface area contributed by atoms with Crippen LogP contribution in [-0.2, 0) is 0 Å². The number of rotatable bonds is 4. The van der Waals surface area contributed by atoms with E-state index in [1.807, 2.05) is 0 Å². The first-order chi connectivity index (χ1) is 11.1. The lowest BCUT2D eigenvalue weighted by atomic mass is 10.1. The Morgan fingerprint density at radius 1 is 0.696 bits per heavy atom. The van der Waals surface area contributed by atoms with Gasteiger partial charge in [0.05, 0.1) is 25.3 Å². The number of furan rings is 1. The van der Waals surface area contributed by atoms with Crippen LogP contribution in [0.4, 0.5) is 0 Å². The molecule has 0 unspecified atom stereocenters. The SMILES string of the molecule is COc1ccc(-c2ccc(-c3ccc(OC)cc3O)o2)c(O)c1. The summed E-state index contributed by atoms with van der Waals surface area (Å²) in [5.74, 6) is 2.23. The molecule has 0 aliphatic rings. The van der Waals surface area contributed by atoms with E-state index in [2.05, 4.69) is 0 Å². The minimum absolute atomic E-state index is 0.0594. The first kappa shape index (κ1) is 14.8. The van der Waals surface area contributed by atoms with Gasteiger partial charge in [0.15, 0.2) is 0 Å². The van der Waals surface area contributed by atoms with Crippen molar-refractivity contribution >= 4 is 0 Å². The van der Waals surface area contributed by atoms with E-state index in [0.29, 0.717) is 34.1 Å². The standard InChI is InChI=1S/C18H16O5/c1-21-11-3-5-13(15(19)9-11)17-7-8-18(23-17)14-6-4-12(22-2)10-16(14)20/h3-10,19-20H,1-2H3. The molecule has 0 aliphatic heterocycles. The monoisotopic (exact) mass is 312 g/mol. The minimum Gasteiger partial charge on any atom is -0.507 e. The van der Waals surface area contributed by atoms with Crippen LogP contribution in [0.2, 0.25) is 0 Å². The largest absolute Gasteiger partial charge is 0.507 e. The molecule has 2 aromatic carbocycles. The van der Waals surface area contributed by atoms with Crippen molar-refractivity contribution in [2.75, 3.05) is 14.2 Å². The third kappa shape index (κ3) is 2.81. The molecule has 23 heavy (non-hydrogen) atoms. The second-order valence-electron chi connectivity index (χ2n) is 4.93. The lowest BCUT2D eigenvalue weighted by molar-refractivity contribution is 0.407. The van der Waals surface area contributed by atoms with E-state index in [-0.39, 0.29) is 11.5 Å². The van der Waals surface area contributed by atoms with Gasteiger partial charge in [0.25, 0.3) is 0 Å². The van der Waals surface area contributed by atoms with Crippen LogP contribution in [0.5, 0.6) is 23.0 Å². The molecule has 1 heterocycles. The van der Waals surface area contributed by atoms with Crippen molar-refractivity contribution in [1.29, 1.82) is 0 Å². The summed E-state index contributed by atoms with van der Waals surface area (Å²) in [5, 5.41) is 20.1. The van der Waals surface area contributed by atoms with E-state index in [0.717, 1.165) is 0 Å². The molecular formula is C18H16O5. The first-order valence-electron chi connectivity index (χ1n) is 6.97. The molecule has 0 amide bonds. The number of benzene rings is 2. The Hall–Kier alpha value is -3.08. The molecule has 0 radical (unpaired) electrons. The molecule has 3 aromatic rings. The second-order valence-corrected chi connectivity index (χ2v) is 4.93. The topological polar surface area (TPSA) is 72.1 Å². The highest BCUT2D eigenvalue weighted by molar-refractivity contribution is 5.72. The van der Waals surface area contributed by atoms with Crippen molar-refractivity contribution < 1.29 is 24.1 Å². The first-order valence-corrected chi connectivity index (χ1v) is 6.97. The molecule has 118 valence electrons. The zero-order valence-corrected chi connectivity index (χ0v) is 12.7. The Morgan fingerprint density at radius 3 is 1.48 bits per heavy atom. The lowest BCUT2D eigenvalue weighted by Gasteiger charge is -2.06. The van der Waals surface area contributed by atoms with Gasteiger partial charge in [-0.25, -0.2) is 0 Å². The summed E-state index contributed by atoms with van der Waals surface area (Å²) >= 11 is 0. The Bertz CT molecular complexity index is 767. The normalized spacial score (nSPS) is 10.5. The maximum atomic E-state index is 10.1. The average Bonchev–Trinajstić information content (AvgIpc) is 3.03. The zero-order valence-electron chi connectivity index (χ0n) is 12.7. The predicted octanol–water partition coefficient (Wildman–Crippen LogP) is 4.04. The van der Waals surface area contributed by atoms with Crippen LogP contribution in [-0.4, -0.2) is 24.4 Å². The van der Waals surface area contributed by atoms with Crippen LogP contribution < -0.4 is 9.47 Å². The molecule has 0 aliphatic carbocycles. The maximum Gasteiger partial charge on any atom is 0.138 e. The number of phenols is 2. The van der Waals surface area contributed by atoms with Crippen LogP contribution in [0.1, 0.15) is 0 Å². The van der Waals surface area contributed by atoms with E-state index in [1.165, 1.54) is 26.4 Å². The van der Waals surface area contributed by atoms with Gasteiger partial charge >= 0.3 is 0 Å². The van der Waals surface area contributed by atoms with Gasteiger partial charge in [-0.05, 0) is 36.4 Å². The number of hydrogen-bond acceptors (Lipinski definition) is 5. The van der Waals surface area contributed by atoms with Gasteiger partial charge in [0.1, 0.15) is 34.5 Å². The summed E-state index contributed by atoms with van der Waals surface area (Å²) in [5.41, 5.74) is 1.09. The van der Waals surface area contributed by atoms with E-state index in [4.69, 9.17) is 13.9 Å². The van der Waals surface area contributed by atoms with Gasteiger partial charge in [-0.1, -0.05) is 0 Å². The van der Waals surface area contributed by atoms with Crippen molar-refractivity contribution in [1.82, 2.24) is 0 Å². The molecule has 3 rings (SSSR count). The van der Waals surface area contributed by atoms with Gasteiger partial charge in [-0.15, -0.1) is 0 Å². The number of phenolic OH excluding ortho intramolecular Hbond substituents is 2. The Morgan fingerprint density at radius 2 is 1.13 bits per heavy atom. The molecule has 0 saturated carbocycles. The number of methoxy groups -OCH3 is 2. The van der Waals surface area contributed by atoms with Crippen LogP contribution in [0, 0.1) is 0 Å². The summed E-state index contributed by atoms with van der Waals surface area (Å²) in [6.07, 6.45) is 0. The Labute approximate surface area is 133 Å². The Balaban J connectivity index is 1.97. The van der Waals surface area contributed by atoms with Gasteiger partial charge in [0, 0.05) is 12.1 Å². The molecule has 2 N–H and O–H groups in total. The fraction of sp³-hybridized carbons (Fsp3) is 0.111. The van der Waals surface area contributed by atoms with Crippen molar-refractivity contribution in [3.8, 4) is 45.6 Å². The fourth-order valence-electron chi connectivity index (χ4n) is 2.32. The van der Waals surface area contributed by atoms with Crippen molar-refractivity contribution in [3.63, 3.8) is 0 Å². The Kier molecular flexibility index (Phi) is 3.85. The van der Waals surface area contributed by atoms with E-state index >= 15 is 0 Å². The van der Waals surface area contributed by atoms with Gasteiger partial charge in [0.2, 0.25) is 0 Å². The zero-order chi connectivity index (χ0) is 16.4. The van der Waals surface area contributed by atoms with Crippen molar-refractivity contribution in [2.45, 2.75) is 0 Å². The highest BCUT2D eigenvalue weighted by atomic mass is 16.5. The van der Waals surface area contributed by atoms with Crippen LogP contribution in [0.3, 0.4) is 0 Å². The van der Waals surface area contributed by atoms with Gasteiger partial charge in [-0.2, -0.15) is 0 Å². The summed E-state index contributed by atoms with van der Waals surface area (Å²) in [7, 11) is 3.07. The molecule has 1 aromatic heterocycles. The van der Waals surface area contributed by atoms with E-state index in [1.54, 1.807) is 36.4 Å². The van der Waals surface area contributed by atoms with Crippen LogP contribution in [0.15, 0.2) is 52.9 Å². The smallest absolute Gasteiger partial charge is 0.138 e. The summed E-state index contributed by atoms with van der Waals surface area (Å²) in [4.78, 5) is 0. The molecule has 0 bridgehead atoms. The average molecular weight is 312 g/mol. The molecule has 0 spiro atoms. The molecule has 0 atom stereocenters. The third-order valence-electron chi connectivity index (χ3n) is 3.55. The van der Waals surface area contributed by atoms with Crippen molar-refractivity contribution in [2.24, 2.45) is 0 Å². The summed E-state index contributed by atoms with van der Waals surface area (Å²) < 4.78 is 15.9. The third-order valence-corrected chi connectivity index (χ3v) is 3.55. The molecule has 0 fully saturated rings. The number of ether oxygens (including phenoxy) is 2. The van der Waals surface area contributed by atoms with Gasteiger partial charge < -0.3 is 24.1 Å². The second kappa shape index (κ2) is 5.96. The highest BCUT2D eigenvalue weighted by Gasteiger charge is 2.14. The molecule has 5 heteroatoms. The summed E-state index contributed by atoms with van der Waals surface area (Å²) in [6, 6.07) is 13.4. The van der Waals surface area contributed by atoms with E-state index in [9.17, 15) is 10.2 Å². The van der Waals surface area contributed by atoms with Crippen molar-refractivity contribution in [3.05, 3.63) is 48.5 Å². The minimum atomic E-state index is 0.0594. The fourth-order valence-corrected chi connectivity index (χ4v) is 2.32. The lowest BCUT2D eigenvalue weighted by Crippen LogP contribution is -1.84. The highest BCUT2D eigenvalue weighted by Crippen LogP contribution is 2.38. The molecule has 0 saturated heterocycles. The van der Waals surface area contributed by atoms with Crippen LogP contribution in [0.25, 0.3) is 22.6 Å². The van der Waals surface area contributed by atoms with E-state index < -0.39 is 0 Å². The summed E-state index contributed by atoms with van der Waals surface area (Å²) in [6.45, 7) is 0.